The van der Waals surface area contributed by atoms with Gasteiger partial charge in [-0.05, 0) is 54.8 Å². The highest BCUT2D eigenvalue weighted by Crippen LogP contribution is 2.47. The van der Waals surface area contributed by atoms with Gasteiger partial charge in [0.2, 0.25) is 0 Å². The van der Waals surface area contributed by atoms with E-state index in [4.69, 9.17) is 0 Å². The quantitative estimate of drug-likeness (QED) is 0.496. The van der Waals surface area contributed by atoms with Crippen molar-refractivity contribution >= 4 is 22.4 Å². The summed E-state index contributed by atoms with van der Waals surface area (Å²) < 4.78 is 1.93. The zero-order valence-corrected chi connectivity index (χ0v) is 17.1. The number of carbonyl (C=O) groups is 1. The zero-order valence-electron chi connectivity index (χ0n) is 16.3. The number of hydrogen-bond donors (Lipinski definition) is 1. The molecule has 5 rings (SSSR count). The summed E-state index contributed by atoms with van der Waals surface area (Å²) in [4.78, 5) is 26.0. The first-order valence-electron chi connectivity index (χ1n) is 9.98. The lowest BCUT2D eigenvalue weighted by molar-refractivity contribution is 0.101. The van der Waals surface area contributed by atoms with E-state index in [2.05, 4.69) is 31.7 Å². The molecule has 0 spiro atoms. The number of anilines is 1. The van der Waals surface area contributed by atoms with Crippen LogP contribution >= 0.6 is 11.3 Å². The molecule has 30 heavy (non-hydrogen) atoms. The van der Waals surface area contributed by atoms with Crippen molar-refractivity contribution in [3.8, 4) is 0 Å². The maximum atomic E-state index is 12.8. The molecule has 0 aliphatic heterocycles. The third-order valence-corrected chi connectivity index (χ3v) is 6.35. The van der Waals surface area contributed by atoms with Gasteiger partial charge in [0.15, 0.2) is 5.13 Å². The molecule has 4 heterocycles. The van der Waals surface area contributed by atoms with E-state index >= 15 is 0 Å². The van der Waals surface area contributed by atoms with Gasteiger partial charge in [-0.25, -0.2) is 4.98 Å². The fourth-order valence-electron chi connectivity index (χ4n) is 3.85. The standard InChI is InChI=1S/C23H21N5OS/c29-22(21-5-3-11-28(21)14-16-6-9-24-10-7-16)27-23-26-20(15-30-23)18-12-17(13-18)19-4-1-2-8-25-19/h1-11,15,17-18H,12-14H2,(H,26,27,29). The van der Waals surface area contributed by atoms with E-state index in [9.17, 15) is 4.79 Å². The molecular formula is C23H21N5OS. The first-order valence-corrected chi connectivity index (χ1v) is 10.9. The van der Waals surface area contributed by atoms with Gasteiger partial charge in [0.25, 0.3) is 5.91 Å². The Kier molecular flexibility index (Phi) is 5.11. The van der Waals surface area contributed by atoms with Crippen molar-refractivity contribution in [3.05, 3.63) is 95.3 Å². The molecule has 0 radical (unpaired) electrons. The molecule has 1 amide bonds. The predicted octanol–water partition coefficient (Wildman–Crippen LogP) is 4.70. The molecule has 4 aromatic rings. The van der Waals surface area contributed by atoms with Gasteiger partial charge in [-0.1, -0.05) is 6.07 Å². The monoisotopic (exact) mass is 415 g/mol. The summed E-state index contributed by atoms with van der Waals surface area (Å²) in [6.07, 6.45) is 9.40. The second-order valence-electron chi connectivity index (χ2n) is 7.53. The van der Waals surface area contributed by atoms with Crippen LogP contribution in [0.3, 0.4) is 0 Å². The van der Waals surface area contributed by atoms with Crippen molar-refractivity contribution in [2.45, 2.75) is 31.2 Å². The van der Waals surface area contributed by atoms with Gasteiger partial charge >= 0.3 is 0 Å². The molecule has 1 fully saturated rings. The summed E-state index contributed by atoms with van der Waals surface area (Å²) in [5.41, 5.74) is 3.93. The maximum absolute atomic E-state index is 12.8. The molecular weight excluding hydrogens is 394 g/mol. The van der Waals surface area contributed by atoms with Crippen LogP contribution in [-0.2, 0) is 6.54 Å². The smallest absolute Gasteiger partial charge is 0.274 e. The fraction of sp³-hybridized carbons (Fsp3) is 0.217. The molecule has 6 nitrogen and oxygen atoms in total. The van der Waals surface area contributed by atoms with Gasteiger partial charge in [0.05, 0.1) is 5.69 Å². The highest BCUT2D eigenvalue weighted by molar-refractivity contribution is 7.14. The van der Waals surface area contributed by atoms with Gasteiger partial charge in [-0.15, -0.1) is 11.3 Å². The van der Waals surface area contributed by atoms with Crippen LogP contribution in [0.4, 0.5) is 5.13 Å². The molecule has 1 saturated carbocycles. The van der Waals surface area contributed by atoms with E-state index in [0.29, 0.717) is 29.2 Å². The summed E-state index contributed by atoms with van der Waals surface area (Å²) in [6, 6.07) is 13.7. The number of aromatic nitrogens is 4. The Morgan fingerprint density at radius 1 is 1.03 bits per heavy atom. The lowest BCUT2D eigenvalue weighted by Crippen LogP contribution is -2.21. The molecule has 1 N–H and O–H groups in total. The molecule has 0 saturated heterocycles. The number of amides is 1. The van der Waals surface area contributed by atoms with E-state index in [1.165, 1.54) is 11.3 Å². The van der Waals surface area contributed by atoms with Crippen molar-refractivity contribution in [3.63, 3.8) is 0 Å². The van der Waals surface area contributed by atoms with Crippen LogP contribution in [0.5, 0.6) is 0 Å². The Labute approximate surface area is 178 Å². The van der Waals surface area contributed by atoms with E-state index < -0.39 is 0 Å². The third kappa shape index (κ3) is 3.89. The first kappa shape index (κ1) is 18.7. The Morgan fingerprint density at radius 3 is 2.67 bits per heavy atom. The predicted molar refractivity (Wildman–Crippen MR) is 117 cm³/mol. The number of nitrogens with one attached hydrogen (secondary N) is 1. The van der Waals surface area contributed by atoms with E-state index in [1.54, 1.807) is 12.4 Å². The number of rotatable bonds is 6. The summed E-state index contributed by atoms with van der Waals surface area (Å²) in [5, 5.41) is 5.67. The van der Waals surface area contributed by atoms with Crippen LogP contribution < -0.4 is 5.32 Å². The minimum absolute atomic E-state index is 0.144. The Bertz CT molecular complexity index is 1130. The highest BCUT2D eigenvalue weighted by atomic mass is 32.1. The maximum Gasteiger partial charge on any atom is 0.274 e. The molecule has 1 aliphatic rings. The van der Waals surface area contributed by atoms with Crippen molar-refractivity contribution in [2.24, 2.45) is 0 Å². The number of carbonyl (C=O) groups excluding carboxylic acids is 1. The second kappa shape index (κ2) is 8.20. The first-order chi connectivity index (χ1) is 14.8. The van der Waals surface area contributed by atoms with Crippen LogP contribution in [0, 0.1) is 0 Å². The van der Waals surface area contributed by atoms with Crippen LogP contribution in [-0.4, -0.2) is 25.4 Å². The molecule has 150 valence electrons. The van der Waals surface area contributed by atoms with Crippen molar-refractivity contribution in [1.29, 1.82) is 0 Å². The summed E-state index contributed by atoms with van der Waals surface area (Å²) in [6.45, 7) is 0.623. The van der Waals surface area contributed by atoms with Gasteiger partial charge in [0.1, 0.15) is 5.69 Å². The molecule has 0 bridgehead atoms. The van der Waals surface area contributed by atoms with Crippen LogP contribution in [0.2, 0.25) is 0 Å². The lowest BCUT2D eigenvalue weighted by Gasteiger charge is -2.33. The van der Waals surface area contributed by atoms with Crippen molar-refractivity contribution in [2.75, 3.05) is 5.32 Å². The van der Waals surface area contributed by atoms with E-state index in [0.717, 1.165) is 29.8 Å². The Balaban J connectivity index is 1.21. The van der Waals surface area contributed by atoms with Gasteiger partial charge in [-0.3, -0.25) is 20.1 Å². The second-order valence-corrected chi connectivity index (χ2v) is 8.39. The average molecular weight is 416 g/mol. The molecule has 0 aromatic carbocycles. The number of nitrogens with zero attached hydrogens (tertiary/aromatic N) is 4. The molecule has 4 aromatic heterocycles. The van der Waals surface area contributed by atoms with Crippen LogP contribution in [0.25, 0.3) is 0 Å². The summed E-state index contributed by atoms with van der Waals surface area (Å²) >= 11 is 1.48. The number of pyridine rings is 2. The minimum Gasteiger partial charge on any atom is -0.339 e. The molecule has 0 unspecified atom stereocenters. The molecule has 7 heteroatoms. The Morgan fingerprint density at radius 2 is 1.87 bits per heavy atom. The van der Waals surface area contributed by atoms with E-state index in [1.807, 2.05) is 53.4 Å². The molecule has 0 atom stereocenters. The zero-order chi connectivity index (χ0) is 20.3. The summed E-state index contributed by atoms with van der Waals surface area (Å²) in [5.74, 6) is 0.803. The number of thiazole rings is 1. The molecule has 1 aliphatic carbocycles. The average Bonchev–Trinajstić information content (AvgIpc) is 3.38. The normalized spacial score (nSPS) is 18.0. The van der Waals surface area contributed by atoms with Gasteiger partial charge in [0, 0.05) is 54.2 Å². The van der Waals surface area contributed by atoms with Crippen LogP contribution in [0.1, 0.15) is 52.1 Å². The van der Waals surface area contributed by atoms with Gasteiger partial charge < -0.3 is 4.57 Å². The summed E-state index contributed by atoms with van der Waals surface area (Å²) in [7, 11) is 0. The largest absolute Gasteiger partial charge is 0.339 e. The van der Waals surface area contributed by atoms with Gasteiger partial charge in [-0.2, -0.15) is 0 Å². The topological polar surface area (TPSA) is 72.7 Å². The lowest BCUT2D eigenvalue weighted by atomic mass is 9.72. The van der Waals surface area contributed by atoms with E-state index in [-0.39, 0.29) is 5.91 Å². The highest BCUT2D eigenvalue weighted by Gasteiger charge is 2.33. The third-order valence-electron chi connectivity index (χ3n) is 5.57. The van der Waals surface area contributed by atoms with Crippen molar-refractivity contribution in [1.82, 2.24) is 19.5 Å². The number of hydrogen-bond acceptors (Lipinski definition) is 5. The van der Waals surface area contributed by atoms with Crippen LogP contribution in [0.15, 0.2) is 72.6 Å². The van der Waals surface area contributed by atoms with Crippen molar-refractivity contribution < 1.29 is 4.79 Å². The fourth-order valence-corrected chi connectivity index (χ4v) is 4.64. The Hall–Kier alpha value is -3.32. The SMILES string of the molecule is O=C(Nc1nc(C2CC(c3ccccn3)C2)cs1)c1cccn1Cc1ccncc1. The minimum atomic E-state index is -0.144.